The molecule has 1 heterocycles. The first-order valence-corrected chi connectivity index (χ1v) is 9.34. The minimum absolute atomic E-state index is 0.131. The number of likely N-dealkylation sites (tertiary alicyclic amines) is 1. The van der Waals surface area contributed by atoms with Crippen LogP contribution >= 0.6 is 0 Å². The number of hydrogen-bond acceptors (Lipinski definition) is 2. The Bertz CT molecular complexity index is 628. The van der Waals surface area contributed by atoms with Crippen molar-refractivity contribution in [3.8, 4) is 0 Å². The molecule has 1 saturated heterocycles. The normalized spacial score (nSPS) is 23.6. The highest BCUT2D eigenvalue weighted by atomic mass is 16.2. The summed E-state index contributed by atoms with van der Waals surface area (Å²) in [6.07, 6.45) is 5.51. The Hall–Kier alpha value is -1.84. The maximum absolute atomic E-state index is 13.2. The van der Waals surface area contributed by atoms with Gasteiger partial charge in [0.05, 0.1) is 5.92 Å². The van der Waals surface area contributed by atoms with Crippen molar-refractivity contribution in [2.45, 2.75) is 57.5 Å². The molecule has 3 aliphatic rings. The van der Waals surface area contributed by atoms with E-state index in [0.29, 0.717) is 19.0 Å². The zero-order valence-electron chi connectivity index (χ0n) is 14.4. The molecule has 1 unspecified atom stereocenters. The summed E-state index contributed by atoms with van der Waals surface area (Å²) >= 11 is 0. The van der Waals surface area contributed by atoms with E-state index in [1.54, 1.807) is 0 Å². The van der Waals surface area contributed by atoms with Gasteiger partial charge in [-0.05, 0) is 43.2 Å². The van der Waals surface area contributed by atoms with E-state index in [9.17, 15) is 9.59 Å². The summed E-state index contributed by atoms with van der Waals surface area (Å²) in [4.78, 5) is 29.4. The van der Waals surface area contributed by atoms with Crippen molar-refractivity contribution in [2.24, 2.45) is 5.92 Å². The summed E-state index contributed by atoms with van der Waals surface area (Å²) < 4.78 is 0. The Kier molecular flexibility index (Phi) is 4.07. The Morgan fingerprint density at radius 1 is 1.17 bits per heavy atom. The van der Waals surface area contributed by atoms with Gasteiger partial charge in [0.15, 0.2) is 0 Å². The van der Waals surface area contributed by atoms with E-state index in [2.05, 4.69) is 36.1 Å². The van der Waals surface area contributed by atoms with Crippen LogP contribution in [0, 0.1) is 5.92 Å². The molecule has 4 nitrogen and oxygen atoms in total. The van der Waals surface area contributed by atoms with Crippen LogP contribution in [-0.2, 0) is 22.4 Å². The van der Waals surface area contributed by atoms with Crippen LogP contribution in [0.3, 0.4) is 0 Å². The van der Waals surface area contributed by atoms with Crippen molar-refractivity contribution in [1.82, 2.24) is 9.80 Å². The lowest BCUT2D eigenvalue weighted by Crippen LogP contribution is -2.45. The molecule has 24 heavy (non-hydrogen) atoms. The largest absolute Gasteiger partial charge is 0.339 e. The van der Waals surface area contributed by atoms with Crippen molar-refractivity contribution in [3.63, 3.8) is 0 Å². The Balaban J connectivity index is 1.47. The van der Waals surface area contributed by atoms with Gasteiger partial charge >= 0.3 is 0 Å². The third kappa shape index (κ3) is 2.83. The van der Waals surface area contributed by atoms with Crippen molar-refractivity contribution in [1.29, 1.82) is 0 Å². The van der Waals surface area contributed by atoms with E-state index in [1.807, 2.05) is 4.90 Å². The molecule has 0 spiro atoms. The highest BCUT2D eigenvalue weighted by Gasteiger charge is 2.43. The number of carbonyl (C=O) groups is 2. The molecular formula is C20H26N2O2. The Morgan fingerprint density at radius 3 is 2.42 bits per heavy atom. The second kappa shape index (κ2) is 6.23. The minimum atomic E-state index is -0.131. The quantitative estimate of drug-likeness (QED) is 0.834. The molecule has 2 amide bonds. The predicted molar refractivity (Wildman–Crippen MR) is 92.5 cm³/mol. The highest BCUT2D eigenvalue weighted by molar-refractivity contribution is 5.89. The fourth-order valence-corrected chi connectivity index (χ4v) is 4.34. The van der Waals surface area contributed by atoms with Gasteiger partial charge in [-0.3, -0.25) is 9.59 Å². The van der Waals surface area contributed by atoms with Gasteiger partial charge in [0, 0.05) is 31.6 Å². The summed E-state index contributed by atoms with van der Waals surface area (Å²) in [5.41, 5.74) is 2.75. The van der Waals surface area contributed by atoms with Gasteiger partial charge in [-0.1, -0.05) is 31.2 Å². The first-order valence-electron chi connectivity index (χ1n) is 9.34. The zero-order valence-corrected chi connectivity index (χ0v) is 14.4. The highest BCUT2D eigenvalue weighted by Crippen LogP contribution is 2.34. The average molecular weight is 326 g/mol. The molecular weight excluding hydrogens is 300 g/mol. The van der Waals surface area contributed by atoms with Crippen LogP contribution in [0.1, 0.15) is 43.7 Å². The van der Waals surface area contributed by atoms with Crippen LogP contribution < -0.4 is 0 Å². The van der Waals surface area contributed by atoms with Gasteiger partial charge in [0.25, 0.3) is 0 Å². The van der Waals surface area contributed by atoms with Gasteiger partial charge in [0.2, 0.25) is 11.8 Å². The van der Waals surface area contributed by atoms with Crippen LogP contribution in [-0.4, -0.2) is 46.8 Å². The molecule has 4 heteroatoms. The molecule has 1 aliphatic heterocycles. The second-order valence-electron chi connectivity index (χ2n) is 7.54. The third-order valence-electron chi connectivity index (χ3n) is 5.71. The van der Waals surface area contributed by atoms with E-state index in [1.165, 1.54) is 11.1 Å². The molecule has 4 rings (SSSR count). The molecule has 128 valence electrons. The molecule has 1 atom stereocenters. The minimum Gasteiger partial charge on any atom is -0.339 e. The van der Waals surface area contributed by atoms with Crippen LogP contribution in [0.2, 0.25) is 0 Å². The molecule has 2 fully saturated rings. The number of benzene rings is 1. The topological polar surface area (TPSA) is 40.6 Å². The Labute approximate surface area is 143 Å². The number of nitrogens with zero attached hydrogens (tertiary/aromatic N) is 2. The second-order valence-corrected chi connectivity index (χ2v) is 7.54. The smallest absolute Gasteiger partial charge is 0.228 e. The van der Waals surface area contributed by atoms with E-state index >= 15 is 0 Å². The molecule has 0 N–H and O–H groups in total. The molecule has 1 aromatic carbocycles. The van der Waals surface area contributed by atoms with Crippen molar-refractivity contribution in [3.05, 3.63) is 35.4 Å². The average Bonchev–Trinajstić information content (AvgIpc) is 3.21. The van der Waals surface area contributed by atoms with Gasteiger partial charge in [-0.25, -0.2) is 0 Å². The number of carbonyl (C=O) groups excluding carboxylic acids is 2. The molecule has 0 bridgehead atoms. The molecule has 0 aromatic heterocycles. The summed E-state index contributed by atoms with van der Waals surface area (Å²) in [6, 6.07) is 9.20. The van der Waals surface area contributed by atoms with Crippen molar-refractivity contribution >= 4 is 11.8 Å². The lowest BCUT2D eigenvalue weighted by molar-refractivity contribution is -0.138. The van der Waals surface area contributed by atoms with Crippen LogP contribution in [0.15, 0.2) is 24.3 Å². The predicted octanol–water partition coefficient (Wildman–Crippen LogP) is 2.40. The molecule has 2 aliphatic carbocycles. The maximum atomic E-state index is 13.2. The van der Waals surface area contributed by atoms with E-state index in [4.69, 9.17) is 0 Å². The van der Waals surface area contributed by atoms with Crippen LogP contribution in [0.5, 0.6) is 0 Å². The van der Waals surface area contributed by atoms with E-state index in [0.717, 1.165) is 38.6 Å². The fourth-order valence-electron chi connectivity index (χ4n) is 4.34. The van der Waals surface area contributed by atoms with Gasteiger partial charge < -0.3 is 9.80 Å². The number of fused-ring (bicyclic) bond motifs is 1. The van der Waals surface area contributed by atoms with Crippen LogP contribution in [0.4, 0.5) is 0 Å². The Morgan fingerprint density at radius 2 is 1.83 bits per heavy atom. The summed E-state index contributed by atoms with van der Waals surface area (Å²) in [7, 11) is 0. The van der Waals surface area contributed by atoms with E-state index < -0.39 is 0 Å². The van der Waals surface area contributed by atoms with E-state index in [-0.39, 0.29) is 23.8 Å². The molecule has 0 radical (unpaired) electrons. The lowest BCUT2D eigenvalue weighted by Gasteiger charge is -2.31. The lowest BCUT2D eigenvalue weighted by atomic mass is 10.0. The molecule has 1 aromatic rings. The zero-order chi connectivity index (χ0) is 16.7. The van der Waals surface area contributed by atoms with Crippen molar-refractivity contribution < 1.29 is 9.59 Å². The first-order chi connectivity index (χ1) is 11.7. The molecule has 1 saturated carbocycles. The fraction of sp³-hybridized carbons (Fsp3) is 0.600. The summed E-state index contributed by atoms with van der Waals surface area (Å²) in [5, 5.41) is 0. The van der Waals surface area contributed by atoms with Gasteiger partial charge in [-0.15, -0.1) is 0 Å². The van der Waals surface area contributed by atoms with Gasteiger partial charge in [0.1, 0.15) is 0 Å². The number of rotatable bonds is 5. The number of amides is 2. The van der Waals surface area contributed by atoms with Crippen LogP contribution in [0.25, 0.3) is 0 Å². The maximum Gasteiger partial charge on any atom is 0.228 e. The first kappa shape index (κ1) is 15.7. The van der Waals surface area contributed by atoms with Gasteiger partial charge in [-0.2, -0.15) is 0 Å². The summed E-state index contributed by atoms with van der Waals surface area (Å²) in [5.74, 6) is 0.251. The SMILES string of the molecule is CCCN(C(=O)C1CC(=O)N(C2CC2)C1)C1Cc2ccccc2C1. The monoisotopic (exact) mass is 326 g/mol. The van der Waals surface area contributed by atoms with Crippen molar-refractivity contribution in [2.75, 3.05) is 13.1 Å². The number of hydrogen-bond donors (Lipinski definition) is 0. The third-order valence-corrected chi connectivity index (χ3v) is 5.71. The standard InChI is InChI=1S/C20H26N2O2/c1-2-9-21(18-10-14-5-3-4-6-15(14)11-18)20(24)16-12-19(23)22(13-16)17-7-8-17/h3-6,16-18H,2,7-13H2,1H3. The summed E-state index contributed by atoms with van der Waals surface area (Å²) in [6.45, 7) is 3.56.